The van der Waals surface area contributed by atoms with Crippen LogP contribution >= 0.6 is 0 Å². The van der Waals surface area contributed by atoms with Gasteiger partial charge in [-0.3, -0.25) is 0 Å². The summed E-state index contributed by atoms with van der Waals surface area (Å²) >= 11 is 0. The summed E-state index contributed by atoms with van der Waals surface area (Å²) in [5, 5.41) is 0. The van der Waals surface area contributed by atoms with Crippen molar-refractivity contribution in [3.8, 4) is 90.1 Å². The molecular weight excluding hydrogens is 669 g/mol. The van der Waals surface area contributed by atoms with E-state index in [1.807, 2.05) is 72.8 Å². The summed E-state index contributed by atoms with van der Waals surface area (Å²) in [6.07, 6.45) is 0. The lowest BCUT2D eigenvalue weighted by Gasteiger charge is -2.13. The fourth-order valence-corrected chi connectivity index (χ4v) is 6.95. The fraction of sp³-hybridized carbons (Fsp3) is 0.0196. The van der Waals surface area contributed by atoms with Gasteiger partial charge in [0.2, 0.25) is 0 Å². The van der Waals surface area contributed by atoms with Crippen LogP contribution in [0.2, 0.25) is 0 Å². The van der Waals surface area contributed by atoms with Crippen molar-refractivity contribution in [2.45, 2.75) is 6.92 Å². The van der Waals surface area contributed by atoms with E-state index in [2.05, 4.69) is 134 Å². The summed E-state index contributed by atoms with van der Waals surface area (Å²) < 4.78 is 0. The molecule has 0 aliphatic rings. The Bertz CT molecular complexity index is 2630. The zero-order valence-corrected chi connectivity index (χ0v) is 30.3. The van der Waals surface area contributed by atoms with E-state index in [0.717, 1.165) is 78.4 Å². The molecule has 9 aromatic rings. The van der Waals surface area contributed by atoms with Gasteiger partial charge in [0.15, 0.2) is 11.6 Å². The second-order valence-electron chi connectivity index (χ2n) is 13.6. The summed E-state index contributed by atoms with van der Waals surface area (Å²) in [6.45, 7) is 2.17. The third-order valence-corrected chi connectivity index (χ3v) is 9.85. The van der Waals surface area contributed by atoms with Crippen LogP contribution < -0.4 is 0 Å². The van der Waals surface area contributed by atoms with Crippen LogP contribution in [0.4, 0.5) is 0 Å². The third-order valence-electron chi connectivity index (χ3n) is 9.85. The Hall–Kier alpha value is -7.30. The minimum Gasteiger partial charge on any atom is -0.228 e. The Kier molecular flexibility index (Phi) is 9.13. The Balaban J connectivity index is 1.10. The van der Waals surface area contributed by atoms with Crippen LogP contribution in [0.3, 0.4) is 0 Å². The van der Waals surface area contributed by atoms with Crippen molar-refractivity contribution >= 4 is 0 Å². The summed E-state index contributed by atoms with van der Waals surface area (Å²) in [5.74, 6) is 1.40. The second kappa shape index (κ2) is 15.0. The molecule has 55 heavy (non-hydrogen) atoms. The third kappa shape index (κ3) is 7.22. The maximum atomic E-state index is 5.09. The van der Waals surface area contributed by atoms with E-state index in [-0.39, 0.29) is 0 Å². The van der Waals surface area contributed by atoms with Gasteiger partial charge in [-0.25, -0.2) is 19.9 Å². The van der Waals surface area contributed by atoms with Gasteiger partial charge in [0.05, 0.1) is 22.8 Å². The van der Waals surface area contributed by atoms with Gasteiger partial charge in [-0.05, 0) is 65.1 Å². The predicted octanol–water partition coefficient (Wildman–Crippen LogP) is 12.9. The second-order valence-corrected chi connectivity index (χ2v) is 13.6. The van der Waals surface area contributed by atoms with Crippen LogP contribution in [0.25, 0.3) is 90.1 Å². The van der Waals surface area contributed by atoms with Crippen molar-refractivity contribution in [1.82, 2.24) is 19.9 Å². The molecule has 9 rings (SSSR count). The lowest BCUT2D eigenvalue weighted by molar-refractivity contribution is 1.18. The van der Waals surface area contributed by atoms with Crippen molar-refractivity contribution in [2.24, 2.45) is 0 Å². The van der Waals surface area contributed by atoms with Gasteiger partial charge in [-0.15, -0.1) is 0 Å². The standard InChI is InChI=1S/C51H36N4/c1-35-28-29-41(40-24-14-26-43(30-40)49-34-48(38-20-10-4-11-21-38)52-50(55-49)39-22-12-5-13-23-39)32-45(35)42-25-15-27-44(31-42)51-53-46(36-16-6-2-7-17-36)33-47(54-51)37-18-8-3-9-19-37/h2-34H,1H3. The average molecular weight is 705 g/mol. The number of rotatable bonds is 8. The number of hydrogen-bond acceptors (Lipinski definition) is 4. The molecule has 0 radical (unpaired) electrons. The molecule has 0 aliphatic carbocycles. The van der Waals surface area contributed by atoms with Gasteiger partial charge in [-0.1, -0.05) is 170 Å². The molecule has 0 atom stereocenters. The predicted molar refractivity (Wildman–Crippen MR) is 226 cm³/mol. The highest BCUT2D eigenvalue weighted by Crippen LogP contribution is 2.35. The van der Waals surface area contributed by atoms with Crippen molar-refractivity contribution in [2.75, 3.05) is 0 Å². The van der Waals surface area contributed by atoms with Gasteiger partial charge in [-0.2, -0.15) is 0 Å². The molecule has 0 saturated heterocycles. The molecule has 260 valence electrons. The number of aryl methyl sites for hydroxylation is 1. The zero-order chi connectivity index (χ0) is 37.0. The first-order chi connectivity index (χ1) is 27.1. The van der Waals surface area contributed by atoms with Gasteiger partial charge in [0.25, 0.3) is 0 Å². The molecule has 0 unspecified atom stereocenters. The van der Waals surface area contributed by atoms with Crippen LogP contribution in [0.15, 0.2) is 200 Å². The van der Waals surface area contributed by atoms with E-state index in [0.29, 0.717) is 11.6 Å². The maximum absolute atomic E-state index is 5.09. The normalized spacial score (nSPS) is 11.0. The zero-order valence-electron chi connectivity index (χ0n) is 30.3. The minimum atomic E-state index is 0.693. The number of hydrogen-bond donors (Lipinski definition) is 0. The van der Waals surface area contributed by atoms with Gasteiger partial charge in [0.1, 0.15) is 0 Å². The van der Waals surface area contributed by atoms with Crippen LogP contribution in [0.1, 0.15) is 5.56 Å². The molecule has 2 heterocycles. The maximum Gasteiger partial charge on any atom is 0.160 e. The first-order valence-electron chi connectivity index (χ1n) is 18.5. The van der Waals surface area contributed by atoms with Gasteiger partial charge < -0.3 is 0 Å². The van der Waals surface area contributed by atoms with Crippen molar-refractivity contribution < 1.29 is 0 Å². The van der Waals surface area contributed by atoms with Crippen LogP contribution in [0.5, 0.6) is 0 Å². The molecule has 4 nitrogen and oxygen atoms in total. The molecule has 0 N–H and O–H groups in total. The van der Waals surface area contributed by atoms with Crippen molar-refractivity contribution in [3.05, 3.63) is 206 Å². The van der Waals surface area contributed by atoms with Crippen LogP contribution in [0, 0.1) is 6.92 Å². The van der Waals surface area contributed by atoms with E-state index in [4.69, 9.17) is 19.9 Å². The number of nitrogens with zero attached hydrogens (tertiary/aromatic N) is 4. The van der Waals surface area contributed by atoms with Crippen molar-refractivity contribution in [1.29, 1.82) is 0 Å². The number of aromatic nitrogens is 4. The molecule has 0 aliphatic heterocycles. The minimum absolute atomic E-state index is 0.693. The highest BCUT2D eigenvalue weighted by atomic mass is 14.9. The SMILES string of the molecule is Cc1ccc(-c2cccc(-c3cc(-c4ccccc4)nc(-c4ccccc4)n3)c2)cc1-c1cccc(-c2nc(-c3ccccc3)cc(-c3ccccc3)n2)c1. The Labute approximate surface area is 321 Å². The van der Waals surface area contributed by atoms with Gasteiger partial charge in [0, 0.05) is 33.4 Å². The molecule has 2 aromatic heterocycles. The molecule has 0 amide bonds. The summed E-state index contributed by atoms with van der Waals surface area (Å²) in [4.78, 5) is 20.2. The van der Waals surface area contributed by atoms with E-state index < -0.39 is 0 Å². The molecule has 0 saturated carbocycles. The summed E-state index contributed by atoms with van der Waals surface area (Å²) in [5.41, 5.74) is 15.4. The monoisotopic (exact) mass is 704 g/mol. The van der Waals surface area contributed by atoms with Gasteiger partial charge >= 0.3 is 0 Å². The summed E-state index contributed by atoms with van der Waals surface area (Å²) in [6, 6.07) is 69.1. The lowest BCUT2D eigenvalue weighted by atomic mass is 9.93. The number of benzene rings is 7. The molecule has 7 aromatic carbocycles. The van der Waals surface area contributed by atoms with Crippen LogP contribution in [-0.2, 0) is 0 Å². The van der Waals surface area contributed by atoms with E-state index in [1.54, 1.807) is 0 Å². The molecule has 0 spiro atoms. The van der Waals surface area contributed by atoms with Crippen LogP contribution in [-0.4, -0.2) is 19.9 Å². The molecular formula is C51H36N4. The largest absolute Gasteiger partial charge is 0.228 e. The Morgan fingerprint density at radius 1 is 0.255 bits per heavy atom. The highest BCUT2D eigenvalue weighted by Gasteiger charge is 2.14. The Morgan fingerprint density at radius 2 is 0.618 bits per heavy atom. The molecule has 4 heteroatoms. The Morgan fingerprint density at radius 3 is 1.15 bits per heavy atom. The lowest BCUT2D eigenvalue weighted by Crippen LogP contribution is -1.96. The average Bonchev–Trinajstić information content (AvgIpc) is 3.27. The molecule has 0 fully saturated rings. The fourth-order valence-electron chi connectivity index (χ4n) is 6.95. The molecule has 0 bridgehead atoms. The quantitative estimate of drug-likeness (QED) is 0.158. The topological polar surface area (TPSA) is 51.6 Å². The van der Waals surface area contributed by atoms with E-state index >= 15 is 0 Å². The first-order valence-corrected chi connectivity index (χ1v) is 18.5. The smallest absolute Gasteiger partial charge is 0.160 e. The van der Waals surface area contributed by atoms with E-state index in [1.165, 1.54) is 5.56 Å². The highest BCUT2D eigenvalue weighted by molar-refractivity contribution is 5.81. The first kappa shape index (κ1) is 33.5. The van der Waals surface area contributed by atoms with E-state index in [9.17, 15) is 0 Å². The van der Waals surface area contributed by atoms with Crippen molar-refractivity contribution in [3.63, 3.8) is 0 Å². The summed E-state index contributed by atoms with van der Waals surface area (Å²) in [7, 11) is 0.